The fraction of sp³-hybridized carbons (Fsp3) is 0.611. The molecule has 0 aromatic carbocycles. The molecule has 0 atom stereocenters. The summed E-state index contributed by atoms with van der Waals surface area (Å²) < 4.78 is 1.82. The first-order valence-corrected chi connectivity index (χ1v) is 8.78. The molecular formula is C18H24N4O. The van der Waals surface area contributed by atoms with Gasteiger partial charge in [-0.05, 0) is 38.7 Å². The van der Waals surface area contributed by atoms with Crippen LogP contribution in [0.3, 0.4) is 0 Å². The van der Waals surface area contributed by atoms with Gasteiger partial charge in [-0.3, -0.25) is 9.48 Å². The van der Waals surface area contributed by atoms with Crippen LogP contribution in [0.15, 0.2) is 6.07 Å². The fourth-order valence-corrected chi connectivity index (χ4v) is 3.67. The van der Waals surface area contributed by atoms with Gasteiger partial charge in [0.2, 0.25) is 0 Å². The molecule has 1 saturated carbocycles. The number of carbonyl (C=O) groups excluding carboxylic acids is 1. The van der Waals surface area contributed by atoms with Gasteiger partial charge in [0.05, 0.1) is 16.6 Å². The Labute approximate surface area is 136 Å². The Balaban J connectivity index is 1.81. The van der Waals surface area contributed by atoms with Gasteiger partial charge in [-0.2, -0.15) is 5.10 Å². The summed E-state index contributed by atoms with van der Waals surface area (Å²) in [5, 5.41) is 5.44. The highest BCUT2D eigenvalue weighted by Crippen LogP contribution is 2.40. The van der Waals surface area contributed by atoms with Crippen LogP contribution < -0.4 is 0 Å². The third-order valence-corrected chi connectivity index (χ3v) is 5.11. The Bertz CT molecular complexity index is 752. The minimum absolute atomic E-state index is 0.164. The third kappa shape index (κ3) is 2.62. The number of fused-ring (bicyclic) bond motifs is 1. The average Bonchev–Trinajstić information content (AvgIpc) is 3.36. The topological polar surface area (TPSA) is 51.0 Å². The maximum atomic E-state index is 13.2. The lowest BCUT2D eigenvalue weighted by Gasteiger charge is -2.21. The molecule has 5 heteroatoms. The number of amides is 1. The number of hydrogen-bond acceptors (Lipinski definition) is 3. The van der Waals surface area contributed by atoms with Crippen LogP contribution in [0.1, 0.15) is 66.2 Å². The summed E-state index contributed by atoms with van der Waals surface area (Å²) in [5.74, 6) is 0.697. The van der Waals surface area contributed by atoms with E-state index in [4.69, 9.17) is 4.98 Å². The molecule has 0 unspecified atom stereocenters. The molecular weight excluding hydrogens is 288 g/mol. The first-order valence-electron chi connectivity index (χ1n) is 8.78. The number of aryl methyl sites for hydroxylation is 2. The van der Waals surface area contributed by atoms with Gasteiger partial charge in [0.1, 0.15) is 0 Å². The summed E-state index contributed by atoms with van der Waals surface area (Å²) in [6.45, 7) is 3.72. The van der Waals surface area contributed by atoms with Crippen molar-refractivity contribution in [3.05, 3.63) is 23.0 Å². The SMILES string of the molecule is Cc1nn(C)c2nc(C3CC3)cc(C(=O)N3CCCCCC3)c12. The highest BCUT2D eigenvalue weighted by molar-refractivity contribution is 6.06. The van der Waals surface area contributed by atoms with Gasteiger partial charge in [-0.1, -0.05) is 12.8 Å². The minimum atomic E-state index is 0.164. The largest absolute Gasteiger partial charge is 0.339 e. The molecule has 3 heterocycles. The van der Waals surface area contributed by atoms with Crippen LogP contribution in [-0.2, 0) is 7.05 Å². The van der Waals surface area contributed by atoms with Crippen LogP contribution >= 0.6 is 0 Å². The van der Waals surface area contributed by atoms with Crippen LogP contribution in [0.4, 0.5) is 0 Å². The number of pyridine rings is 1. The number of likely N-dealkylation sites (tertiary alicyclic amines) is 1. The van der Waals surface area contributed by atoms with Gasteiger partial charge in [0.15, 0.2) is 5.65 Å². The summed E-state index contributed by atoms with van der Waals surface area (Å²) in [6, 6.07) is 2.04. The van der Waals surface area contributed by atoms with E-state index in [1.165, 1.54) is 25.7 Å². The van der Waals surface area contributed by atoms with Crippen LogP contribution in [0.25, 0.3) is 11.0 Å². The summed E-state index contributed by atoms with van der Waals surface area (Å²) in [7, 11) is 1.92. The Hall–Kier alpha value is -1.91. The normalized spacial score (nSPS) is 19.1. The van der Waals surface area contributed by atoms with Crippen LogP contribution in [0.5, 0.6) is 0 Å². The average molecular weight is 312 g/mol. The van der Waals surface area contributed by atoms with Crippen molar-refractivity contribution in [1.29, 1.82) is 0 Å². The van der Waals surface area contributed by atoms with Crippen LogP contribution in [0.2, 0.25) is 0 Å². The zero-order valence-corrected chi connectivity index (χ0v) is 14.0. The number of rotatable bonds is 2. The number of hydrogen-bond donors (Lipinski definition) is 0. The fourth-order valence-electron chi connectivity index (χ4n) is 3.67. The maximum absolute atomic E-state index is 13.2. The second-order valence-electron chi connectivity index (χ2n) is 6.98. The molecule has 2 aromatic heterocycles. The zero-order valence-electron chi connectivity index (χ0n) is 14.0. The molecule has 122 valence electrons. The molecule has 0 radical (unpaired) electrons. The third-order valence-electron chi connectivity index (χ3n) is 5.11. The van der Waals surface area contributed by atoms with Crippen LogP contribution in [0, 0.1) is 6.92 Å². The van der Waals surface area contributed by atoms with Crippen molar-refractivity contribution in [2.75, 3.05) is 13.1 Å². The smallest absolute Gasteiger partial charge is 0.254 e. The molecule has 1 aliphatic heterocycles. The van der Waals surface area contributed by atoms with Gasteiger partial charge in [0.25, 0.3) is 5.91 Å². The van der Waals surface area contributed by atoms with E-state index in [0.717, 1.165) is 53.9 Å². The van der Waals surface area contributed by atoms with E-state index in [0.29, 0.717) is 5.92 Å². The van der Waals surface area contributed by atoms with Crippen molar-refractivity contribution in [1.82, 2.24) is 19.7 Å². The van der Waals surface area contributed by atoms with Gasteiger partial charge in [0, 0.05) is 31.7 Å². The number of aromatic nitrogens is 3. The van der Waals surface area contributed by atoms with E-state index in [1.54, 1.807) is 0 Å². The lowest BCUT2D eigenvalue weighted by Crippen LogP contribution is -2.32. The monoisotopic (exact) mass is 312 g/mol. The molecule has 1 amide bonds. The van der Waals surface area contributed by atoms with Crippen molar-refractivity contribution < 1.29 is 4.79 Å². The maximum Gasteiger partial charge on any atom is 0.254 e. The molecule has 1 aliphatic carbocycles. The van der Waals surface area contributed by atoms with Gasteiger partial charge >= 0.3 is 0 Å². The van der Waals surface area contributed by atoms with E-state index in [2.05, 4.69) is 5.10 Å². The molecule has 23 heavy (non-hydrogen) atoms. The Morgan fingerprint density at radius 1 is 1.17 bits per heavy atom. The molecule has 4 rings (SSSR count). The van der Waals surface area contributed by atoms with Gasteiger partial charge in [-0.25, -0.2) is 4.98 Å². The second-order valence-corrected chi connectivity index (χ2v) is 6.98. The Kier molecular flexibility index (Phi) is 3.58. The summed E-state index contributed by atoms with van der Waals surface area (Å²) in [4.78, 5) is 20.0. The highest BCUT2D eigenvalue weighted by Gasteiger charge is 2.29. The molecule has 0 N–H and O–H groups in total. The molecule has 0 bridgehead atoms. The van der Waals surface area contributed by atoms with E-state index >= 15 is 0 Å². The number of nitrogens with zero attached hydrogens (tertiary/aromatic N) is 4. The first kappa shape index (κ1) is 14.7. The lowest BCUT2D eigenvalue weighted by molar-refractivity contribution is 0.0763. The van der Waals surface area contributed by atoms with E-state index < -0.39 is 0 Å². The van der Waals surface area contributed by atoms with Crippen molar-refractivity contribution >= 4 is 16.9 Å². The highest BCUT2D eigenvalue weighted by atomic mass is 16.2. The summed E-state index contributed by atoms with van der Waals surface area (Å²) in [5.41, 5.74) is 3.63. The van der Waals surface area contributed by atoms with Crippen molar-refractivity contribution in [2.24, 2.45) is 7.05 Å². The van der Waals surface area contributed by atoms with Gasteiger partial charge in [-0.15, -0.1) is 0 Å². The van der Waals surface area contributed by atoms with Crippen molar-refractivity contribution in [2.45, 2.75) is 51.4 Å². The second kappa shape index (κ2) is 5.62. The van der Waals surface area contributed by atoms with Crippen molar-refractivity contribution in [3.63, 3.8) is 0 Å². The lowest BCUT2D eigenvalue weighted by atomic mass is 10.1. The quantitative estimate of drug-likeness (QED) is 0.856. The van der Waals surface area contributed by atoms with Crippen molar-refractivity contribution in [3.8, 4) is 0 Å². The summed E-state index contributed by atoms with van der Waals surface area (Å²) >= 11 is 0. The first-order chi connectivity index (χ1) is 11.1. The Morgan fingerprint density at radius 3 is 2.52 bits per heavy atom. The minimum Gasteiger partial charge on any atom is -0.339 e. The molecule has 1 saturated heterocycles. The van der Waals surface area contributed by atoms with E-state index in [-0.39, 0.29) is 5.91 Å². The standard InChI is InChI=1S/C18H24N4O/c1-12-16-14(18(23)22-9-5-3-4-6-10-22)11-15(13-7-8-13)19-17(16)21(2)20-12/h11,13H,3-10H2,1-2H3. The molecule has 0 spiro atoms. The van der Waals surface area contributed by atoms with Crippen LogP contribution in [-0.4, -0.2) is 38.7 Å². The zero-order chi connectivity index (χ0) is 16.0. The molecule has 2 aliphatic rings. The molecule has 5 nitrogen and oxygen atoms in total. The van der Waals surface area contributed by atoms with E-state index in [9.17, 15) is 4.79 Å². The summed E-state index contributed by atoms with van der Waals surface area (Å²) in [6.07, 6.45) is 7.06. The predicted molar refractivity (Wildman–Crippen MR) is 89.6 cm³/mol. The molecule has 2 aromatic rings. The predicted octanol–water partition coefficient (Wildman–Crippen LogP) is 3.17. The number of carbonyl (C=O) groups is 1. The molecule has 2 fully saturated rings. The van der Waals surface area contributed by atoms with E-state index in [1.807, 2.05) is 29.6 Å². The Morgan fingerprint density at radius 2 is 1.87 bits per heavy atom. The van der Waals surface area contributed by atoms with Gasteiger partial charge < -0.3 is 4.90 Å².